The number of hydrogen-bond acceptors (Lipinski definition) is 5. The van der Waals surface area contributed by atoms with Crippen LogP contribution in [0.15, 0.2) is 11.1 Å². The van der Waals surface area contributed by atoms with Gasteiger partial charge in [0.2, 0.25) is 12.6 Å². The Morgan fingerprint density at radius 2 is 1.93 bits per heavy atom. The van der Waals surface area contributed by atoms with Gasteiger partial charge in [0.1, 0.15) is 0 Å². The van der Waals surface area contributed by atoms with Crippen molar-refractivity contribution in [3.05, 3.63) is 11.1 Å². The normalized spacial score (nSPS) is 40.8. The van der Waals surface area contributed by atoms with E-state index in [4.69, 9.17) is 14.2 Å². The van der Waals surface area contributed by atoms with E-state index in [1.54, 1.807) is 0 Å². The largest absolute Gasteiger partial charge is 0.435 e. The fourth-order valence-corrected chi connectivity index (χ4v) is 6.36. The highest BCUT2D eigenvalue weighted by Crippen LogP contribution is 2.57. The quantitative estimate of drug-likeness (QED) is 0.524. The van der Waals surface area contributed by atoms with Crippen LogP contribution in [0.2, 0.25) is 0 Å². The van der Waals surface area contributed by atoms with Crippen LogP contribution in [0, 0.1) is 22.7 Å². The summed E-state index contributed by atoms with van der Waals surface area (Å²) in [5, 5.41) is 0. The summed E-state index contributed by atoms with van der Waals surface area (Å²) in [5.41, 5.74) is 3.42. The van der Waals surface area contributed by atoms with Crippen LogP contribution in [0.25, 0.3) is 0 Å². The molecule has 1 unspecified atom stereocenters. The monoisotopic (exact) mass is 376 g/mol. The van der Waals surface area contributed by atoms with E-state index in [2.05, 4.69) is 20.8 Å². The average Bonchev–Trinajstić information content (AvgIpc) is 2.78. The number of carbonyl (C=O) groups excluding carboxylic acids is 2. The summed E-state index contributed by atoms with van der Waals surface area (Å²) in [6.07, 6.45) is 6.80. The second-order valence-electron chi connectivity index (χ2n) is 9.96. The number of hydrogen-bond donors (Lipinski definition) is 0. The van der Waals surface area contributed by atoms with Crippen LogP contribution >= 0.6 is 0 Å². The van der Waals surface area contributed by atoms with Crippen molar-refractivity contribution in [3.8, 4) is 0 Å². The summed E-state index contributed by atoms with van der Waals surface area (Å²) < 4.78 is 17.0. The van der Waals surface area contributed by atoms with E-state index in [1.165, 1.54) is 43.8 Å². The first kappa shape index (κ1) is 19.0. The molecule has 3 fully saturated rings. The Morgan fingerprint density at radius 1 is 1.15 bits per heavy atom. The van der Waals surface area contributed by atoms with E-state index in [9.17, 15) is 9.59 Å². The van der Waals surface area contributed by atoms with Crippen molar-refractivity contribution in [1.29, 1.82) is 0 Å². The van der Waals surface area contributed by atoms with Gasteiger partial charge in [-0.3, -0.25) is 9.59 Å². The smallest absolute Gasteiger partial charge is 0.308 e. The third-order valence-electron chi connectivity index (χ3n) is 7.20. The lowest BCUT2D eigenvalue weighted by Crippen LogP contribution is -2.38. The van der Waals surface area contributed by atoms with E-state index >= 15 is 0 Å². The van der Waals surface area contributed by atoms with Gasteiger partial charge in [-0.15, -0.1) is 0 Å². The molecule has 0 aromatic carbocycles. The van der Waals surface area contributed by atoms with Gasteiger partial charge in [0, 0.05) is 19.3 Å². The van der Waals surface area contributed by atoms with Gasteiger partial charge in [-0.1, -0.05) is 38.3 Å². The van der Waals surface area contributed by atoms with E-state index < -0.39 is 12.6 Å². The Kier molecular flexibility index (Phi) is 4.65. The highest BCUT2D eigenvalue weighted by molar-refractivity contribution is 5.70. The van der Waals surface area contributed by atoms with E-state index in [1.807, 2.05) is 0 Å². The van der Waals surface area contributed by atoms with Gasteiger partial charge in [0.25, 0.3) is 0 Å². The van der Waals surface area contributed by atoms with Crippen molar-refractivity contribution >= 4 is 11.9 Å². The number of rotatable bonds is 2. The van der Waals surface area contributed by atoms with Gasteiger partial charge in [-0.2, -0.15) is 0 Å². The molecule has 5 atom stereocenters. The van der Waals surface area contributed by atoms with Crippen LogP contribution in [-0.4, -0.2) is 24.5 Å². The van der Waals surface area contributed by atoms with Gasteiger partial charge in [0.15, 0.2) is 0 Å². The van der Waals surface area contributed by atoms with Crippen LogP contribution in [0.4, 0.5) is 0 Å². The lowest BCUT2D eigenvalue weighted by atomic mass is 9.57. The summed E-state index contributed by atoms with van der Waals surface area (Å²) in [6.45, 7) is 8.57. The summed E-state index contributed by atoms with van der Waals surface area (Å²) in [4.78, 5) is 23.7. The van der Waals surface area contributed by atoms with Crippen LogP contribution < -0.4 is 0 Å². The zero-order valence-corrected chi connectivity index (χ0v) is 17.0. The molecule has 0 bridgehead atoms. The predicted octanol–water partition coefficient (Wildman–Crippen LogP) is 4.50. The third kappa shape index (κ3) is 3.43. The molecule has 150 valence electrons. The number of allylic oxidation sites excluding steroid dienone is 1. The Balaban J connectivity index is 1.72. The topological polar surface area (TPSA) is 61.8 Å². The minimum absolute atomic E-state index is 0.0337. The maximum atomic E-state index is 12.2. The van der Waals surface area contributed by atoms with Crippen LogP contribution in [0.5, 0.6) is 0 Å². The zero-order chi connectivity index (χ0) is 19.4. The Hall–Kier alpha value is -1.36. The molecule has 0 aromatic heterocycles. The summed E-state index contributed by atoms with van der Waals surface area (Å²) >= 11 is 0. The third-order valence-corrected chi connectivity index (χ3v) is 7.20. The zero-order valence-electron chi connectivity index (χ0n) is 17.0. The van der Waals surface area contributed by atoms with E-state index in [0.717, 1.165) is 19.3 Å². The van der Waals surface area contributed by atoms with Crippen molar-refractivity contribution in [2.45, 2.75) is 91.6 Å². The Bertz CT molecular complexity index is 678. The molecule has 5 heteroatoms. The molecule has 5 nitrogen and oxygen atoms in total. The van der Waals surface area contributed by atoms with Crippen LogP contribution in [0.1, 0.15) is 79.1 Å². The average molecular weight is 376 g/mol. The standard InChI is InChI=1S/C22H32O5/c1-13(23)25-19-15-6-8-16(22(4)11-5-10-21(2,3)12-22)14-7-9-17(24)26-20(27-19)18(14)15/h15,18-20H,5-12H2,1-4H3/t15-,18+,19-,20?,22+/m1/s1. The first-order valence-electron chi connectivity index (χ1n) is 10.4. The fourth-order valence-electron chi connectivity index (χ4n) is 6.36. The van der Waals surface area contributed by atoms with Crippen molar-refractivity contribution < 1.29 is 23.8 Å². The molecule has 1 saturated carbocycles. The van der Waals surface area contributed by atoms with Crippen molar-refractivity contribution in [1.82, 2.24) is 0 Å². The number of carbonyl (C=O) groups is 2. The van der Waals surface area contributed by atoms with E-state index in [0.29, 0.717) is 11.8 Å². The molecule has 0 radical (unpaired) electrons. The lowest BCUT2D eigenvalue weighted by Gasteiger charge is -2.47. The maximum absolute atomic E-state index is 12.2. The van der Waals surface area contributed by atoms with E-state index in [-0.39, 0.29) is 29.2 Å². The SMILES string of the molecule is CC(=O)O[C@@H]1OC2OC(=O)CCC3=C([C@@]4(C)CCCC(C)(C)C4)CC[C@@H]1[C@H]32. The fraction of sp³-hybridized carbons (Fsp3) is 0.818. The molecule has 0 spiro atoms. The summed E-state index contributed by atoms with van der Waals surface area (Å²) in [5.74, 6) is -0.437. The number of esters is 2. The molecule has 2 saturated heterocycles. The van der Waals surface area contributed by atoms with Gasteiger partial charge < -0.3 is 14.2 Å². The lowest BCUT2D eigenvalue weighted by molar-refractivity contribution is -0.213. The minimum Gasteiger partial charge on any atom is -0.435 e. The van der Waals surface area contributed by atoms with Crippen molar-refractivity contribution in [2.75, 3.05) is 0 Å². The summed E-state index contributed by atoms with van der Waals surface area (Å²) in [6, 6.07) is 0. The highest BCUT2D eigenvalue weighted by atomic mass is 16.8. The van der Waals surface area contributed by atoms with Crippen LogP contribution in [-0.2, 0) is 23.8 Å². The molecule has 0 amide bonds. The molecule has 4 aliphatic rings. The second-order valence-corrected chi connectivity index (χ2v) is 9.96. The molecular weight excluding hydrogens is 344 g/mol. The Labute approximate surface area is 161 Å². The molecule has 27 heavy (non-hydrogen) atoms. The minimum atomic E-state index is -0.611. The van der Waals surface area contributed by atoms with Gasteiger partial charge in [-0.05, 0) is 49.4 Å². The molecular formula is C22H32O5. The first-order valence-corrected chi connectivity index (χ1v) is 10.4. The molecule has 2 heterocycles. The molecule has 0 N–H and O–H groups in total. The van der Waals surface area contributed by atoms with Crippen molar-refractivity contribution in [3.63, 3.8) is 0 Å². The Morgan fingerprint density at radius 3 is 2.63 bits per heavy atom. The maximum Gasteiger partial charge on any atom is 0.308 e. The van der Waals surface area contributed by atoms with Gasteiger partial charge in [-0.25, -0.2) is 0 Å². The van der Waals surface area contributed by atoms with Crippen molar-refractivity contribution in [2.24, 2.45) is 22.7 Å². The molecule has 4 rings (SSSR count). The van der Waals surface area contributed by atoms with Crippen LogP contribution in [0.3, 0.4) is 0 Å². The number of ether oxygens (including phenoxy) is 3. The first-order chi connectivity index (χ1) is 12.7. The molecule has 0 aromatic rings. The van der Waals surface area contributed by atoms with Gasteiger partial charge in [0.05, 0.1) is 5.92 Å². The molecule has 2 aliphatic carbocycles. The highest BCUT2D eigenvalue weighted by Gasteiger charge is 2.54. The predicted molar refractivity (Wildman–Crippen MR) is 99.3 cm³/mol. The molecule has 2 aliphatic heterocycles. The van der Waals surface area contributed by atoms with Gasteiger partial charge >= 0.3 is 11.9 Å². The summed E-state index contributed by atoms with van der Waals surface area (Å²) in [7, 11) is 0. The second kappa shape index (κ2) is 6.61.